The molecule has 3 atom stereocenters. The molecule has 3 aliphatic rings. The van der Waals surface area contributed by atoms with Gasteiger partial charge in [0.05, 0.1) is 25.8 Å². The number of aromatic nitrogens is 4. The van der Waals surface area contributed by atoms with Crippen LogP contribution in [0.25, 0.3) is 11.0 Å². The van der Waals surface area contributed by atoms with Gasteiger partial charge in [0.25, 0.3) is 0 Å². The van der Waals surface area contributed by atoms with Crippen LogP contribution in [0, 0.1) is 17.8 Å². The van der Waals surface area contributed by atoms with Gasteiger partial charge >= 0.3 is 0 Å². The molecule has 8 nitrogen and oxygen atoms in total. The van der Waals surface area contributed by atoms with Crippen molar-refractivity contribution in [2.45, 2.75) is 31.6 Å². The highest BCUT2D eigenvalue weighted by Gasteiger charge is 2.42. The number of anilines is 1. The molecule has 0 amide bonds. The van der Waals surface area contributed by atoms with Gasteiger partial charge in [-0.25, -0.2) is 4.98 Å². The number of allylic oxidation sites excluding steroid dienone is 4. The number of fused-ring (bicyclic) bond motifs is 2. The summed E-state index contributed by atoms with van der Waals surface area (Å²) >= 11 is 0. The van der Waals surface area contributed by atoms with Gasteiger partial charge in [-0.15, -0.1) is 0 Å². The summed E-state index contributed by atoms with van der Waals surface area (Å²) in [6, 6.07) is 6.18. The van der Waals surface area contributed by atoms with Crippen molar-refractivity contribution in [2.24, 2.45) is 24.8 Å². The number of Topliss-reactive ketones (excluding diaryl/α,β-unsaturated/α-hetero) is 1. The number of ether oxygens (including phenoxy) is 2. The number of carbonyl (C=O) groups excluding carboxylic acids is 1. The molecule has 1 fully saturated rings. The third-order valence-electron chi connectivity index (χ3n) is 8.39. The number of ketones is 1. The molecule has 0 spiro atoms. The molecule has 3 unspecified atom stereocenters. The van der Waals surface area contributed by atoms with Gasteiger partial charge in [-0.05, 0) is 60.8 Å². The Labute approximate surface area is 217 Å². The van der Waals surface area contributed by atoms with Crippen molar-refractivity contribution in [3.63, 3.8) is 0 Å². The van der Waals surface area contributed by atoms with Gasteiger partial charge in [0.15, 0.2) is 22.9 Å². The van der Waals surface area contributed by atoms with E-state index in [4.69, 9.17) is 14.5 Å². The van der Waals surface area contributed by atoms with Crippen molar-refractivity contribution >= 4 is 22.8 Å². The van der Waals surface area contributed by atoms with Crippen molar-refractivity contribution in [2.75, 3.05) is 32.2 Å². The molecule has 37 heavy (non-hydrogen) atoms. The Bertz CT molecular complexity index is 1390. The van der Waals surface area contributed by atoms with Gasteiger partial charge in [0.1, 0.15) is 0 Å². The summed E-state index contributed by atoms with van der Waals surface area (Å²) in [7, 11) is 5.22. The van der Waals surface area contributed by atoms with Crippen LogP contribution in [-0.4, -0.2) is 52.8 Å². The second kappa shape index (κ2) is 9.65. The highest BCUT2D eigenvalue weighted by atomic mass is 16.5. The number of carbonyl (C=O) groups is 1. The Morgan fingerprint density at radius 1 is 1.00 bits per heavy atom. The summed E-state index contributed by atoms with van der Waals surface area (Å²) in [5.41, 5.74) is 3.04. The summed E-state index contributed by atoms with van der Waals surface area (Å²) in [6.45, 7) is 1.65. The van der Waals surface area contributed by atoms with Crippen LogP contribution in [0.5, 0.6) is 11.5 Å². The fourth-order valence-corrected chi connectivity index (χ4v) is 6.36. The largest absolute Gasteiger partial charge is 0.493 e. The number of nitrogens with zero attached hydrogens (tertiary/aromatic N) is 5. The van der Waals surface area contributed by atoms with Crippen molar-refractivity contribution in [1.29, 1.82) is 0 Å². The van der Waals surface area contributed by atoms with Crippen LogP contribution < -0.4 is 14.4 Å². The molecule has 192 valence electrons. The fraction of sp³-hybridized carbons (Fsp3) is 0.448. The summed E-state index contributed by atoms with van der Waals surface area (Å²) in [5, 5.41) is 5.22. The molecule has 6 rings (SSSR count). The molecule has 0 N–H and O–H groups in total. The molecule has 0 bridgehead atoms. The Balaban J connectivity index is 1.27. The minimum absolute atomic E-state index is 0.0386. The normalized spacial score (nSPS) is 24.2. The van der Waals surface area contributed by atoms with E-state index in [1.165, 1.54) is 5.56 Å². The standard InChI is InChI=1S/C29H33N5O3/c1-33-28-20(17-31-33)16-30-29(32-28)34-12-10-18(11-13-34)24-15-23(21-6-4-5-7-22(21)27(24)35)19-8-9-25(36-2)26(14-19)37-3/h4-5,8-9,14-18,21-23H,6-7,10-13H2,1-3H3. The Kier molecular flexibility index (Phi) is 6.18. The van der Waals surface area contributed by atoms with E-state index in [0.29, 0.717) is 5.78 Å². The third-order valence-corrected chi connectivity index (χ3v) is 8.39. The number of aryl methyl sites for hydroxylation is 1. The smallest absolute Gasteiger partial charge is 0.227 e. The zero-order valence-electron chi connectivity index (χ0n) is 21.6. The first-order chi connectivity index (χ1) is 18.1. The molecular formula is C29H33N5O3. The highest BCUT2D eigenvalue weighted by Crippen LogP contribution is 2.47. The molecular weight excluding hydrogens is 466 g/mol. The number of piperidine rings is 1. The monoisotopic (exact) mass is 499 g/mol. The Hall–Kier alpha value is -3.68. The number of benzene rings is 1. The fourth-order valence-electron chi connectivity index (χ4n) is 6.36. The first-order valence-electron chi connectivity index (χ1n) is 13.1. The number of rotatable bonds is 5. The highest BCUT2D eigenvalue weighted by molar-refractivity contribution is 5.99. The van der Waals surface area contributed by atoms with Gasteiger partial charge in [-0.1, -0.05) is 24.3 Å². The molecule has 3 aromatic rings. The van der Waals surface area contributed by atoms with E-state index in [1.54, 1.807) is 25.1 Å². The van der Waals surface area contributed by atoms with Crippen LogP contribution in [0.1, 0.15) is 37.2 Å². The molecule has 2 aromatic heterocycles. The lowest BCUT2D eigenvalue weighted by molar-refractivity contribution is -0.122. The third kappa shape index (κ3) is 4.18. The molecule has 2 aliphatic carbocycles. The molecule has 1 aliphatic heterocycles. The molecule has 3 heterocycles. The number of hydrogen-bond donors (Lipinski definition) is 0. The zero-order chi connectivity index (χ0) is 25.5. The Morgan fingerprint density at radius 3 is 2.57 bits per heavy atom. The van der Waals surface area contributed by atoms with Crippen molar-refractivity contribution in [1.82, 2.24) is 19.7 Å². The first kappa shape index (κ1) is 23.7. The van der Waals surface area contributed by atoms with Crippen LogP contribution in [0.4, 0.5) is 5.95 Å². The average molecular weight is 500 g/mol. The minimum atomic E-state index is 0.0386. The molecule has 1 saturated heterocycles. The lowest BCUT2D eigenvalue weighted by Crippen LogP contribution is -2.40. The summed E-state index contributed by atoms with van der Waals surface area (Å²) in [4.78, 5) is 25.3. The van der Waals surface area contributed by atoms with E-state index in [9.17, 15) is 4.79 Å². The quantitative estimate of drug-likeness (QED) is 0.479. The minimum Gasteiger partial charge on any atom is -0.493 e. The van der Waals surface area contributed by atoms with E-state index in [1.807, 2.05) is 19.3 Å². The maximum absolute atomic E-state index is 13.8. The lowest BCUT2D eigenvalue weighted by atomic mass is 9.63. The predicted molar refractivity (Wildman–Crippen MR) is 142 cm³/mol. The van der Waals surface area contributed by atoms with E-state index < -0.39 is 0 Å². The van der Waals surface area contributed by atoms with Gasteiger partial charge in [0, 0.05) is 38.2 Å². The maximum atomic E-state index is 13.8. The van der Waals surface area contributed by atoms with Crippen molar-refractivity contribution in [3.8, 4) is 11.5 Å². The van der Waals surface area contributed by atoms with Crippen LogP contribution in [0.15, 0.2) is 54.4 Å². The summed E-state index contributed by atoms with van der Waals surface area (Å²) < 4.78 is 12.8. The SMILES string of the molecule is COc1ccc(C2C=C(C3CCN(c4ncc5cnn(C)c5n4)CC3)C(=O)C3CC=CCC32)cc1OC. The van der Waals surface area contributed by atoms with Gasteiger partial charge in [-0.3, -0.25) is 9.48 Å². The van der Waals surface area contributed by atoms with Crippen LogP contribution in [0.2, 0.25) is 0 Å². The van der Waals surface area contributed by atoms with E-state index in [2.05, 4.69) is 45.3 Å². The first-order valence-corrected chi connectivity index (χ1v) is 13.1. The van der Waals surface area contributed by atoms with Gasteiger partial charge < -0.3 is 14.4 Å². The van der Waals surface area contributed by atoms with E-state index in [-0.39, 0.29) is 23.7 Å². The predicted octanol–water partition coefficient (Wildman–Crippen LogP) is 4.47. The van der Waals surface area contributed by atoms with Crippen LogP contribution in [-0.2, 0) is 11.8 Å². The zero-order valence-corrected chi connectivity index (χ0v) is 21.6. The van der Waals surface area contributed by atoms with Gasteiger partial charge in [-0.2, -0.15) is 10.1 Å². The van der Waals surface area contributed by atoms with Crippen LogP contribution >= 0.6 is 0 Å². The van der Waals surface area contributed by atoms with E-state index >= 15 is 0 Å². The lowest BCUT2D eigenvalue weighted by Gasteiger charge is -2.41. The molecule has 1 aromatic carbocycles. The Morgan fingerprint density at radius 2 is 1.78 bits per heavy atom. The van der Waals surface area contributed by atoms with Gasteiger partial charge in [0.2, 0.25) is 5.95 Å². The molecule has 0 radical (unpaired) electrons. The number of hydrogen-bond acceptors (Lipinski definition) is 7. The molecule has 0 saturated carbocycles. The van der Waals surface area contributed by atoms with Crippen molar-refractivity contribution < 1.29 is 14.3 Å². The summed E-state index contributed by atoms with van der Waals surface area (Å²) in [5.74, 6) is 3.27. The second-order valence-electron chi connectivity index (χ2n) is 10.3. The molecule has 8 heteroatoms. The van der Waals surface area contributed by atoms with E-state index in [0.717, 1.165) is 72.8 Å². The summed E-state index contributed by atoms with van der Waals surface area (Å²) in [6.07, 6.45) is 13.9. The second-order valence-corrected chi connectivity index (χ2v) is 10.3. The number of methoxy groups -OCH3 is 2. The average Bonchev–Trinajstić information content (AvgIpc) is 3.33. The van der Waals surface area contributed by atoms with Crippen LogP contribution in [0.3, 0.4) is 0 Å². The van der Waals surface area contributed by atoms with Crippen molar-refractivity contribution in [3.05, 3.63) is 60.0 Å². The maximum Gasteiger partial charge on any atom is 0.227 e. The topological polar surface area (TPSA) is 82.4 Å².